The molecule has 1 amide bonds. The van der Waals surface area contributed by atoms with E-state index in [0.29, 0.717) is 0 Å². The van der Waals surface area contributed by atoms with E-state index in [1.165, 1.54) is 5.56 Å². The number of amides is 1. The number of fused-ring (bicyclic) bond motifs is 1. The van der Waals surface area contributed by atoms with Crippen molar-refractivity contribution >= 4 is 34.4 Å². The number of hydrogen-bond acceptors (Lipinski definition) is 5. The number of carbonyl (C=O) groups is 1. The molecule has 0 radical (unpaired) electrons. The summed E-state index contributed by atoms with van der Waals surface area (Å²) >= 11 is 1.67. The molecule has 1 N–H and O–H groups in total. The lowest BCUT2D eigenvalue weighted by molar-refractivity contribution is 0.0747. The van der Waals surface area contributed by atoms with Gasteiger partial charge in [0.25, 0.3) is 5.91 Å². The Labute approximate surface area is 185 Å². The lowest BCUT2D eigenvalue weighted by Crippen LogP contribution is -2.48. The maximum atomic E-state index is 12.9. The Morgan fingerprint density at radius 3 is 2.42 bits per heavy atom. The van der Waals surface area contributed by atoms with Crippen molar-refractivity contribution in [3.63, 3.8) is 0 Å². The Morgan fingerprint density at radius 2 is 1.68 bits per heavy atom. The quantitative estimate of drug-likeness (QED) is 0.482. The number of nitrogens with one attached hydrogen (secondary N) is 1. The van der Waals surface area contributed by atoms with E-state index < -0.39 is 0 Å². The first-order valence-corrected chi connectivity index (χ1v) is 11.4. The van der Waals surface area contributed by atoms with Gasteiger partial charge in [0.2, 0.25) is 0 Å². The molecule has 0 atom stereocenters. The van der Waals surface area contributed by atoms with Gasteiger partial charge in [-0.15, -0.1) is 0 Å². The van der Waals surface area contributed by atoms with Crippen LogP contribution in [0, 0.1) is 0 Å². The number of H-pyrrole nitrogens is 1. The second-order valence-corrected chi connectivity index (χ2v) is 8.49. The number of imidazole rings is 1. The van der Waals surface area contributed by atoms with Crippen molar-refractivity contribution in [1.29, 1.82) is 0 Å². The van der Waals surface area contributed by atoms with Gasteiger partial charge in [-0.25, -0.2) is 4.98 Å². The lowest BCUT2D eigenvalue weighted by atomic mass is 10.1. The van der Waals surface area contributed by atoms with Crippen LogP contribution in [0.5, 0.6) is 0 Å². The predicted octanol–water partition coefficient (Wildman–Crippen LogP) is 4.21. The number of nitrogens with zero attached hydrogens (tertiary/aromatic N) is 4. The number of hydrogen-bond donors (Lipinski definition) is 1. The molecule has 4 aromatic rings. The summed E-state index contributed by atoms with van der Waals surface area (Å²) in [6, 6.07) is 20.0. The van der Waals surface area contributed by atoms with Gasteiger partial charge in [-0.2, -0.15) is 0 Å². The van der Waals surface area contributed by atoms with Crippen LogP contribution in [0.3, 0.4) is 0 Å². The summed E-state index contributed by atoms with van der Waals surface area (Å²) in [5.74, 6) is 0.907. The molecule has 0 aliphatic carbocycles. The molecule has 1 fully saturated rings. The normalized spacial score (nSPS) is 14.2. The molecular formula is C24H23N5OS. The smallest absolute Gasteiger partial charge is 0.253 e. The van der Waals surface area contributed by atoms with Gasteiger partial charge in [-0.1, -0.05) is 36.0 Å². The van der Waals surface area contributed by atoms with Crippen LogP contribution < -0.4 is 4.90 Å². The standard InChI is InChI=1S/C24H23N5OS/c30-23(29-15-13-28(14-16-29)20-9-11-25-12-10-20)19-7-5-18(6-8-19)17-31-24-26-21-3-1-2-4-22(21)27-24/h1-12H,13-17H2,(H,26,27). The molecule has 156 valence electrons. The minimum atomic E-state index is 0.103. The van der Waals surface area contributed by atoms with Gasteiger partial charge in [0.1, 0.15) is 0 Å². The number of rotatable bonds is 5. The van der Waals surface area contributed by atoms with Crippen LogP contribution in [-0.4, -0.2) is 51.9 Å². The van der Waals surface area contributed by atoms with E-state index in [9.17, 15) is 4.79 Å². The highest BCUT2D eigenvalue weighted by molar-refractivity contribution is 7.98. The summed E-state index contributed by atoms with van der Waals surface area (Å²) in [6.07, 6.45) is 3.61. The van der Waals surface area contributed by atoms with Crippen molar-refractivity contribution in [3.8, 4) is 0 Å². The van der Waals surface area contributed by atoms with E-state index in [1.807, 2.05) is 65.6 Å². The summed E-state index contributed by atoms with van der Waals surface area (Å²) in [7, 11) is 0. The molecule has 1 aliphatic heterocycles. The number of benzene rings is 2. The molecule has 0 bridgehead atoms. The minimum absolute atomic E-state index is 0.103. The number of aromatic amines is 1. The van der Waals surface area contributed by atoms with E-state index in [2.05, 4.69) is 19.9 Å². The number of anilines is 1. The molecule has 0 unspecified atom stereocenters. The van der Waals surface area contributed by atoms with Gasteiger partial charge >= 0.3 is 0 Å². The van der Waals surface area contributed by atoms with Gasteiger partial charge in [0, 0.05) is 55.6 Å². The Balaban J connectivity index is 1.16. The summed E-state index contributed by atoms with van der Waals surface area (Å²) in [5.41, 5.74) is 5.11. The van der Waals surface area contributed by atoms with Crippen molar-refractivity contribution in [1.82, 2.24) is 19.9 Å². The molecule has 2 aromatic heterocycles. The fourth-order valence-corrected chi connectivity index (χ4v) is 4.64. The highest BCUT2D eigenvalue weighted by Gasteiger charge is 2.22. The maximum absolute atomic E-state index is 12.9. The molecular weight excluding hydrogens is 406 g/mol. The van der Waals surface area contributed by atoms with Crippen molar-refractivity contribution < 1.29 is 4.79 Å². The molecule has 2 aromatic carbocycles. The molecule has 1 saturated heterocycles. The zero-order valence-corrected chi connectivity index (χ0v) is 17.9. The van der Waals surface area contributed by atoms with Gasteiger partial charge in [0.15, 0.2) is 5.16 Å². The van der Waals surface area contributed by atoms with Crippen molar-refractivity contribution in [3.05, 3.63) is 84.2 Å². The first kappa shape index (κ1) is 19.6. The predicted molar refractivity (Wildman–Crippen MR) is 124 cm³/mol. The van der Waals surface area contributed by atoms with Crippen LogP contribution in [0.2, 0.25) is 0 Å². The second kappa shape index (κ2) is 8.81. The highest BCUT2D eigenvalue weighted by Crippen LogP contribution is 2.23. The Morgan fingerprint density at radius 1 is 0.935 bits per heavy atom. The van der Waals surface area contributed by atoms with E-state index in [-0.39, 0.29) is 5.91 Å². The van der Waals surface area contributed by atoms with Crippen LogP contribution in [-0.2, 0) is 5.75 Å². The monoisotopic (exact) mass is 429 g/mol. The van der Waals surface area contributed by atoms with Gasteiger partial charge < -0.3 is 14.8 Å². The first-order valence-electron chi connectivity index (χ1n) is 10.4. The van der Waals surface area contributed by atoms with Crippen molar-refractivity contribution in [2.45, 2.75) is 10.9 Å². The van der Waals surface area contributed by atoms with Crippen LogP contribution in [0.25, 0.3) is 11.0 Å². The summed E-state index contributed by atoms with van der Waals surface area (Å²) in [5, 5.41) is 0.911. The lowest BCUT2D eigenvalue weighted by Gasteiger charge is -2.36. The van der Waals surface area contributed by atoms with Crippen molar-refractivity contribution in [2.24, 2.45) is 0 Å². The maximum Gasteiger partial charge on any atom is 0.253 e. The van der Waals surface area contributed by atoms with E-state index in [0.717, 1.165) is 59.4 Å². The number of carbonyl (C=O) groups excluding carboxylic acids is 1. The summed E-state index contributed by atoms with van der Waals surface area (Å²) in [6.45, 7) is 3.12. The van der Waals surface area contributed by atoms with Crippen molar-refractivity contribution in [2.75, 3.05) is 31.1 Å². The van der Waals surface area contributed by atoms with Gasteiger partial charge in [0.05, 0.1) is 11.0 Å². The molecule has 0 saturated carbocycles. The molecule has 5 rings (SSSR count). The van der Waals surface area contributed by atoms with Crippen LogP contribution >= 0.6 is 11.8 Å². The Bertz CT molecular complexity index is 1130. The minimum Gasteiger partial charge on any atom is -0.368 e. The third kappa shape index (κ3) is 4.41. The molecule has 3 heterocycles. The fraction of sp³-hybridized carbons (Fsp3) is 0.208. The van der Waals surface area contributed by atoms with Gasteiger partial charge in [-0.05, 0) is 42.0 Å². The summed E-state index contributed by atoms with van der Waals surface area (Å²) < 4.78 is 0. The number of piperazine rings is 1. The van der Waals surface area contributed by atoms with Crippen LogP contribution in [0.1, 0.15) is 15.9 Å². The van der Waals surface area contributed by atoms with Crippen LogP contribution in [0.15, 0.2) is 78.2 Å². The Hall–Kier alpha value is -3.32. The highest BCUT2D eigenvalue weighted by atomic mass is 32.2. The average molecular weight is 430 g/mol. The van der Waals surface area contributed by atoms with E-state index >= 15 is 0 Å². The van der Waals surface area contributed by atoms with Gasteiger partial charge in [-0.3, -0.25) is 9.78 Å². The molecule has 6 nitrogen and oxygen atoms in total. The zero-order valence-electron chi connectivity index (χ0n) is 17.1. The Kier molecular flexibility index (Phi) is 5.58. The topological polar surface area (TPSA) is 65.1 Å². The summed E-state index contributed by atoms with van der Waals surface area (Å²) in [4.78, 5) is 29.2. The van der Waals surface area contributed by atoms with E-state index in [4.69, 9.17) is 0 Å². The number of para-hydroxylation sites is 2. The van der Waals surface area contributed by atoms with Crippen LogP contribution in [0.4, 0.5) is 5.69 Å². The van der Waals surface area contributed by atoms with E-state index in [1.54, 1.807) is 24.2 Å². The number of aromatic nitrogens is 3. The molecule has 31 heavy (non-hydrogen) atoms. The average Bonchev–Trinajstić information content (AvgIpc) is 3.26. The molecule has 7 heteroatoms. The second-order valence-electron chi connectivity index (χ2n) is 7.53. The fourth-order valence-electron chi connectivity index (χ4n) is 3.80. The number of thioether (sulfide) groups is 1. The largest absolute Gasteiger partial charge is 0.368 e. The third-order valence-electron chi connectivity index (χ3n) is 5.54. The molecule has 0 spiro atoms. The third-order valence-corrected chi connectivity index (χ3v) is 6.48. The SMILES string of the molecule is O=C(c1ccc(CSc2nc3ccccc3[nH]2)cc1)N1CCN(c2ccncc2)CC1. The first-order chi connectivity index (χ1) is 15.3. The molecule has 1 aliphatic rings. The number of pyridine rings is 1. The zero-order chi connectivity index (χ0) is 21.0.